The molecule has 0 bridgehead atoms. The van der Waals surface area contributed by atoms with Crippen LogP contribution in [-0.2, 0) is 4.79 Å². The second-order valence-electron chi connectivity index (χ2n) is 17.7. The number of hydrogen-bond acceptors (Lipinski definition) is 4. The van der Waals surface area contributed by atoms with Crippen LogP contribution in [0.25, 0.3) is 0 Å². The van der Waals surface area contributed by atoms with Crippen LogP contribution in [0.1, 0.15) is 277 Å². The van der Waals surface area contributed by atoms with Gasteiger partial charge in [0.25, 0.3) is 0 Å². The van der Waals surface area contributed by atoms with Crippen LogP contribution in [0.2, 0.25) is 0 Å². The summed E-state index contributed by atoms with van der Waals surface area (Å²) >= 11 is 0. The maximum atomic E-state index is 12.5. The molecule has 0 rings (SSSR count). The van der Waals surface area contributed by atoms with Gasteiger partial charge in [-0.15, -0.1) is 0 Å². The monoisotopic (exact) mass is 804 g/mol. The SMILES string of the molecule is CCCCCCCCCCCCCC/C=C\CCCCCCCCCC(O)C(=O)NC(CO)C(O)/C=C/CCCCCCCCCCCCCCCCCCCC. The average Bonchev–Trinajstić information content (AvgIpc) is 3.22. The third-order valence-electron chi connectivity index (χ3n) is 12.0. The lowest BCUT2D eigenvalue weighted by molar-refractivity contribution is -0.131. The van der Waals surface area contributed by atoms with Crippen molar-refractivity contribution in [2.24, 2.45) is 0 Å². The standard InChI is InChI=1S/C52H101NO4/c1-3-5-7-9-11-13-15-17-19-21-23-25-26-27-29-31-33-35-37-39-41-43-45-47-51(56)52(57)53-49(48-54)50(55)46-44-42-40-38-36-34-32-30-28-24-22-20-18-16-14-12-10-8-6-4-2/h27,29,44,46,49-51,54-56H,3-26,28,30-43,45,47-48H2,1-2H3,(H,53,57)/b29-27-,46-44+. The van der Waals surface area contributed by atoms with Gasteiger partial charge in [0.2, 0.25) is 5.91 Å². The number of unbranched alkanes of at least 4 members (excludes halogenated alkanes) is 37. The smallest absolute Gasteiger partial charge is 0.249 e. The van der Waals surface area contributed by atoms with Crippen molar-refractivity contribution < 1.29 is 20.1 Å². The van der Waals surface area contributed by atoms with Crippen molar-refractivity contribution in [1.29, 1.82) is 0 Å². The lowest BCUT2D eigenvalue weighted by atomic mass is 10.0. The van der Waals surface area contributed by atoms with E-state index in [-0.39, 0.29) is 6.61 Å². The van der Waals surface area contributed by atoms with Gasteiger partial charge < -0.3 is 20.6 Å². The lowest BCUT2D eigenvalue weighted by Gasteiger charge is -2.21. The third kappa shape index (κ3) is 42.8. The zero-order valence-electron chi connectivity index (χ0n) is 38.5. The molecule has 0 aliphatic heterocycles. The molecule has 5 nitrogen and oxygen atoms in total. The van der Waals surface area contributed by atoms with Crippen molar-refractivity contribution in [3.05, 3.63) is 24.3 Å². The molecule has 338 valence electrons. The molecule has 0 aliphatic carbocycles. The van der Waals surface area contributed by atoms with Crippen molar-refractivity contribution in [1.82, 2.24) is 5.32 Å². The number of carbonyl (C=O) groups is 1. The number of amides is 1. The van der Waals surface area contributed by atoms with Gasteiger partial charge in [0.05, 0.1) is 18.8 Å². The van der Waals surface area contributed by atoms with Gasteiger partial charge in [-0.1, -0.05) is 256 Å². The number of allylic oxidation sites excluding steroid dienone is 3. The molecule has 4 N–H and O–H groups in total. The van der Waals surface area contributed by atoms with E-state index in [9.17, 15) is 20.1 Å². The summed E-state index contributed by atoms with van der Waals surface area (Å²) in [7, 11) is 0. The lowest BCUT2D eigenvalue weighted by Crippen LogP contribution is -2.48. The van der Waals surface area contributed by atoms with E-state index in [1.165, 1.54) is 225 Å². The van der Waals surface area contributed by atoms with Crippen LogP contribution in [0.3, 0.4) is 0 Å². The summed E-state index contributed by atoms with van der Waals surface area (Å²) in [5.74, 6) is -0.503. The highest BCUT2D eigenvalue weighted by Gasteiger charge is 2.22. The van der Waals surface area contributed by atoms with Crippen molar-refractivity contribution >= 4 is 5.91 Å². The third-order valence-corrected chi connectivity index (χ3v) is 12.0. The summed E-state index contributed by atoms with van der Waals surface area (Å²) < 4.78 is 0. The predicted octanol–water partition coefficient (Wildman–Crippen LogP) is 15.3. The molecule has 3 atom stereocenters. The van der Waals surface area contributed by atoms with Crippen LogP contribution in [-0.4, -0.2) is 46.1 Å². The quantitative estimate of drug-likeness (QED) is 0.0364. The minimum Gasteiger partial charge on any atom is -0.394 e. The van der Waals surface area contributed by atoms with Gasteiger partial charge >= 0.3 is 0 Å². The maximum absolute atomic E-state index is 12.5. The highest BCUT2D eigenvalue weighted by atomic mass is 16.3. The fourth-order valence-electron chi connectivity index (χ4n) is 8.01. The first-order chi connectivity index (χ1) is 28.1. The first kappa shape index (κ1) is 55.8. The van der Waals surface area contributed by atoms with Crippen molar-refractivity contribution in [2.75, 3.05) is 6.61 Å². The molecular weight excluding hydrogens is 703 g/mol. The predicted molar refractivity (Wildman–Crippen MR) is 250 cm³/mol. The van der Waals surface area contributed by atoms with Crippen LogP contribution >= 0.6 is 0 Å². The number of aliphatic hydroxyl groups is 3. The van der Waals surface area contributed by atoms with Crippen LogP contribution in [0.15, 0.2) is 24.3 Å². The Bertz CT molecular complexity index is 844. The molecule has 0 aromatic heterocycles. The van der Waals surface area contributed by atoms with Crippen LogP contribution in [0.4, 0.5) is 0 Å². The molecule has 0 saturated heterocycles. The topological polar surface area (TPSA) is 89.8 Å². The Morgan fingerprint density at radius 1 is 0.421 bits per heavy atom. The van der Waals surface area contributed by atoms with E-state index in [1.807, 2.05) is 6.08 Å². The van der Waals surface area contributed by atoms with Crippen LogP contribution in [0.5, 0.6) is 0 Å². The summed E-state index contributed by atoms with van der Waals surface area (Å²) in [6, 6.07) is -0.798. The van der Waals surface area contributed by atoms with E-state index >= 15 is 0 Å². The van der Waals surface area contributed by atoms with Gasteiger partial charge in [-0.25, -0.2) is 0 Å². The van der Waals surface area contributed by atoms with Gasteiger partial charge in [-0.05, 0) is 44.9 Å². The first-order valence-electron chi connectivity index (χ1n) is 25.7. The molecule has 57 heavy (non-hydrogen) atoms. The molecule has 0 saturated carbocycles. The summed E-state index contributed by atoms with van der Waals surface area (Å²) in [5.41, 5.74) is 0. The van der Waals surface area contributed by atoms with Gasteiger partial charge in [0, 0.05) is 0 Å². The Hall–Kier alpha value is -1.17. The van der Waals surface area contributed by atoms with E-state index in [4.69, 9.17) is 0 Å². The Morgan fingerprint density at radius 2 is 0.702 bits per heavy atom. The molecule has 0 heterocycles. The first-order valence-corrected chi connectivity index (χ1v) is 25.7. The number of carbonyl (C=O) groups excluding carboxylic acids is 1. The fraction of sp³-hybridized carbons (Fsp3) is 0.904. The molecule has 0 aromatic rings. The molecule has 5 heteroatoms. The van der Waals surface area contributed by atoms with Crippen molar-refractivity contribution in [3.8, 4) is 0 Å². The molecule has 0 aliphatic rings. The normalized spacial score (nSPS) is 13.6. The highest BCUT2D eigenvalue weighted by Crippen LogP contribution is 2.16. The average molecular weight is 804 g/mol. The zero-order chi connectivity index (χ0) is 41.5. The molecule has 3 unspecified atom stereocenters. The van der Waals surface area contributed by atoms with Gasteiger partial charge in [0.15, 0.2) is 0 Å². The highest BCUT2D eigenvalue weighted by molar-refractivity contribution is 5.80. The molecule has 0 radical (unpaired) electrons. The van der Waals surface area contributed by atoms with Crippen LogP contribution < -0.4 is 5.32 Å². The number of rotatable bonds is 47. The molecular formula is C52H101NO4. The fourth-order valence-corrected chi connectivity index (χ4v) is 8.01. The molecule has 0 aromatic carbocycles. The minimum absolute atomic E-state index is 0.363. The van der Waals surface area contributed by atoms with Crippen LogP contribution in [0, 0.1) is 0 Å². The zero-order valence-corrected chi connectivity index (χ0v) is 38.5. The maximum Gasteiger partial charge on any atom is 0.249 e. The van der Waals surface area contributed by atoms with E-state index in [1.54, 1.807) is 6.08 Å². The Balaban J connectivity index is 3.61. The summed E-state index contributed by atoms with van der Waals surface area (Å²) in [6.45, 7) is 4.21. The second-order valence-corrected chi connectivity index (χ2v) is 17.7. The van der Waals surface area contributed by atoms with Crippen molar-refractivity contribution in [3.63, 3.8) is 0 Å². The molecule has 0 fully saturated rings. The summed E-state index contributed by atoms with van der Waals surface area (Å²) in [6.07, 6.45) is 59.5. The minimum atomic E-state index is -1.10. The summed E-state index contributed by atoms with van der Waals surface area (Å²) in [5, 5.41) is 33.3. The van der Waals surface area contributed by atoms with Gasteiger partial charge in [-0.3, -0.25) is 4.79 Å². The van der Waals surface area contributed by atoms with E-state index in [0.717, 1.165) is 32.1 Å². The summed E-state index contributed by atoms with van der Waals surface area (Å²) in [4.78, 5) is 12.5. The van der Waals surface area contributed by atoms with Crippen molar-refractivity contribution in [2.45, 2.75) is 295 Å². The van der Waals surface area contributed by atoms with E-state index in [0.29, 0.717) is 6.42 Å². The largest absolute Gasteiger partial charge is 0.394 e. The van der Waals surface area contributed by atoms with E-state index < -0.39 is 24.2 Å². The van der Waals surface area contributed by atoms with E-state index in [2.05, 4.69) is 31.3 Å². The second kappa shape index (κ2) is 47.5. The number of nitrogens with one attached hydrogen (secondary N) is 1. The van der Waals surface area contributed by atoms with Gasteiger partial charge in [-0.2, -0.15) is 0 Å². The van der Waals surface area contributed by atoms with Gasteiger partial charge in [0.1, 0.15) is 6.10 Å². The number of hydrogen-bond donors (Lipinski definition) is 4. The number of aliphatic hydroxyl groups excluding tert-OH is 3. The Morgan fingerprint density at radius 3 is 1.02 bits per heavy atom. The Kier molecular flexibility index (Phi) is 46.5. The molecule has 1 amide bonds. The molecule has 0 spiro atoms. The Labute approximate surface area is 356 Å².